The second-order valence-corrected chi connectivity index (χ2v) is 5.44. The van der Waals surface area contributed by atoms with Crippen LogP contribution in [0.5, 0.6) is 0 Å². The van der Waals surface area contributed by atoms with Crippen molar-refractivity contribution in [3.05, 3.63) is 47.1 Å². The molecule has 0 atom stereocenters. The third-order valence-corrected chi connectivity index (χ3v) is 3.66. The molecule has 0 aliphatic carbocycles. The monoisotopic (exact) mass is 314 g/mol. The Labute approximate surface area is 132 Å². The molecule has 0 unspecified atom stereocenters. The van der Waals surface area contributed by atoms with Crippen LogP contribution in [0.3, 0.4) is 0 Å². The van der Waals surface area contributed by atoms with E-state index in [2.05, 4.69) is 0 Å². The van der Waals surface area contributed by atoms with Crippen LogP contribution in [0.4, 0.5) is 5.69 Å². The summed E-state index contributed by atoms with van der Waals surface area (Å²) in [5.41, 5.74) is 0.992. The maximum Gasteiger partial charge on any atom is 0.159 e. The van der Waals surface area contributed by atoms with Gasteiger partial charge in [-0.3, -0.25) is 5.21 Å². The van der Waals surface area contributed by atoms with Gasteiger partial charge in [0.25, 0.3) is 0 Å². The number of furan rings is 2. The number of Topliss-reactive ketones (excluding diaryl/α,β-unsaturated/α-hetero) is 1. The average molecular weight is 314 g/mol. The lowest BCUT2D eigenvalue weighted by atomic mass is 10.0. The smallest absolute Gasteiger partial charge is 0.159 e. The first-order valence-corrected chi connectivity index (χ1v) is 7.24. The number of ketones is 1. The lowest BCUT2D eigenvalue weighted by Crippen LogP contribution is -2.06. The van der Waals surface area contributed by atoms with Gasteiger partial charge in [-0.1, -0.05) is 12.1 Å². The third kappa shape index (κ3) is 2.86. The number of anilines is 1. The second kappa shape index (κ2) is 5.91. The number of benzene rings is 1. The minimum atomic E-state index is -0.224. The molecule has 0 aliphatic heterocycles. The van der Waals surface area contributed by atoms with Crippen LogP contribution in [0.1, 0.15) is 24.9 Å². The molecular weight excluding hydrogens is 298 g/mol. The number of hydrogen-bond acceptors (Lipinski definition) is 6. The molecule has 3 aromatic rings. The van der Waals surface area contributed by atoms with Crippen molar-refractivity contribution in [1.29, 1.82) is 0 Å². The van der Waals surface area contributed by atoms with Crippen molar-refractivity contribution >= 4 is 22.4 Å². The van der Waals surface area contributed by atoms with Crippen LogP contribution >= 0.6 is 0 Å². The Kier molecular flexibility index (Phi) is 3.94. The summed E-state index contributed by atoms with van der Waals surface area (Å²) in [6.45, 7) is 3.34. The van der Waals surface area contributed by atoms with Gasteiger partial charge in [-0.05, 0) is 32.0 Å². The minimum Gasteiger partial charge on any atom is -0.733 e. The SMILES string of the molecule is CC(=O)CCc1oc2c(N([O-])O)cccc2c1-c1ccc(C)o1. The number of nitrogens with zero attached hydrogens (tertiary/aromatic N) is 1. The van der Waals surface area contributed by atoms with E-state index in [9.17, 15) is 15.2 Å². The van der Waals surface area contributed by atoms with E-state index in [0.717, 1.165) is 5.76 Å². The highest BCUT2D eigenvalue weighted by Crippen LogP contribution is 2.40. The lowest BCUT2D eigenvalue weighted by molar-refractivity contribution is -0.117. The number of rotatable bonds is 5. The number of carbonyl (C=O) groups excluding carboxylic acids is 1. The molecular formula is C17H16NO5-. The van der Waals surface area contributed by atoms with Gasteiger partial charge in [0.1, 0.15) is 23.1 Å². The van der Waals surface area contributed by atoms with Crippen LogP contribution in [0, 0.1) is 12.1 Å². The lowest BCUT2D eigenvalue weighted by Gasteiger charge is -2.21. The molecule has 2 heterocycles. The van der Waals surface area contributed by atoms with Gasteiger partial charge in [0.15, 0.2) is 5.58 Å². The van der Waals surface area contributed by atoms with Gasteiger partial charge in [-0.15, -0.1) is 0 Å². The molecule has 1 aromatic carbocycles. The van der Waals surface area contributed by atoms with Gasteiger partial charge in [0.05, 0.1) is 11.3 Å². The Morgan fingerprint density at radius 1 is 1.26 bits per heavy atom. The van der Waals surface area contributed by atoms with Crippen LogP contribution in [0.25, 0.3) is 22.3 Å². The number of carbonyl (C=O) groups is 1. The molecule has 1 N–H and O–H groups in total. The first kappa shape index (κ1) is 15.3. The summed E-state index contributed by atoms with van der Waals surface area (Å²) < 4.78 is 11.5. The zero-order chi connectivity index (χ0) is 16.6. The zero-order valence-electron chi connectivity index (χ0n) is 12.8. The average Bonchev–Trinajstić information content (AvgIpc) is 3.07. The number of hydrogen-bond donors (Lipinski definition) is 1. The fraction of sp³-hybridized carbons (Fsp3) is 0.235. The summed E-state index contributed by atoms with van der Waals surface area (Å²) >= 11 is 0. The van der Waals surface area contributed by atoms with E-state index in [4.69, 9.17) is 8.83 Å². The number of aryl methyl sites for hydroxylation is 2. The van der Waals surface area contributed by atoms with Gasteiger partial charge in [0, 0.05) is 18.2 Å². The quantitative estimate of drug-likeness (QED) is 0.709. The molecule has 3 rings (SSSR count). The van der Waals surface area contributed by atoms with Crippen molar-refractivity contribution in [2.24, 2.45) is 0 Å². The van der Waals surface area contributed by atoms with Gasteiger partial charge in [0.2, 0.25) is 0 Å². The van der Waals surface area contributed by atoms with Crippen molar-refractivity contribution in [3.8, 4) is 11.3 Å². The molecule has 6 heteroatoms. The van der Waals surface area contributed by atoms with E-state index >= 15 is 0 Å². The Balaban J connectivity index is 2.22. The van der Waals surface area contributed by atoms with Gasteiger partial charge < -0.3 is 24.1 Å². The zero-order valence-corrected chi connectivity index (χ0v) is 12.8. The third-order valence-electron chi connectivity index (χ3n) is 3.66. The van der Waals surface area contributed by atoms with E-state index in [1.807, 2.05) is 19.1 Å². The van der Waals surface area contributed by atoms with Crippen molar-refractivity contribution in [2.45, 2.75) is 26.7 Å². The summed E-state index contributed by atoms with van der Waals surface area (Å²) in [6.07, 6.45) is 0.713. The molecule has 0 radical (unpaired) electrons. The highest BCUT2D eigenvalue weighted by atomic mass is 16.8. The predicted octanol–water partition coefficient (Wildman–Crippen LogP) is 4.22. The van der Waals surface area contributed by atoms with Crippen LogP contribution in [0.15, 0.2) is 39.2 Å². The summed E-state index contributed by atoms with van der Waals surface area (Å²) in [5.74, 6) is 1.95. The van der Waals surface area contributed by atoms with Gasteiger partial charge >= 0.3 is 0 Å². The fourth-order valence-corrected chi connectivity index (χ4v) is 2.61. The molecule has 120 valence electrons. The predicted molar refractivity (Wildman–Crippen MR) is 85.3 cm³/mol. The van der Waals surface area contributed by atoms with E-state index < -0.39 is 0 Å². The molecule has 6 nitrogen and oxygen atoms in total. The topological polar surface area (TPSA) is 89.9 Å². The van der Waals surface area contributed by atoms with E-state index in [1.54, 1.807) is 12.1 Å². The molecule has 0 saturated carbocycles. The standard InChI is InChI=1S/C17H16NO5/c1-10(19)6-8-15-16(14-9-7-11(2)22-14)12-4-3-5-13(18(20)21)17(12)23-15/h3-5,7,9,20H,6,8H2,1-2H3/q-1. The van der Waals surface area contributed by atoms with Crippen molar-refractivity contribution in [2.75, 3.05) is 5.23 Å². The fourth-order valence-electron chi connectivity index (χ4n) is 2.61. The Hall–Kier alpha value is -2.57. The minimum absolute atomic E-state index is 0.0149. The largest absolute Gasteiger partial charge is 0.733 e. The van der Waals surface area contributed by atoms with Crippen molar-refractivity contribution < 1.29 is 18.8 Å². The Bertz CT molecular complexity index is 859. The molecule has 0 amide bonds. The molecule has 2 aromatic heterocycles. The van der Waals surface area contributed by atoms with Crippen LogP contribution < -0.4 is 5.23 Å². The maximum atomic E-state index is 11.3. The van der Waals surface area contributed by atoms with E-state index in [-0.39, 0.29) is 22.3 Å². The summed E-state index contributed by atoms with van der Waals surface area (Å²) in [4.78, 5) is 11.3. The van der Waals surface area contributed by atoms with Crippen LogP contribution in [0.2, 0.25) is 0 Å². The summed E-state index contributed by atoms with van der Waals surface area (Å²) in [6, 6.07) is 8.56. The molecule has 0 bridgehead atoms. The maximum absolute atomic E-state index is 11.3. The molecule has 23 heavy (non-hydrogen) atoms. The first-order chi connectivity index (χ1) is 11.0. The molecule has 0 aliphatic rings. The molecule has 0 saturated heterocycles. The molecule has 0 fully saturated rings. The molecule has 0 spiro atoms. The first-order valence-electron chi connectivity index (χ1n) is 7.24. The van der Waals surface area contributed by atoms with Crippen LogP contribution in [-0.2, 0) is 11.2 Å². The highest BCUT2D eigenvalue weighted by Gasteiger charge is 2.21. The van der Waals surface area contributed by atoms with Crippen molar-refractivity contribution in [1.82, 2.24) is 0 Å². The highest BCUT2D eigenvalue weighted by molar-refractivity contribution is 6.00. The Morgan fingerprint density at radius 3 is 2.65 bits per heavy atom. The van der Waals surface area contributed by atoms with Gasteiger partial charge in [-0.2, -0.15) is 0 Å². The van der Waals surface area contributed by atoms with Gasteiger partial charge in [-0.25, -0.2) is 0 Å². The van der Waals surface area contributed by atoms with E-state index in [0.29, 0.717) is 35.3 Å². The normalized spacial score (nSPS) is 11.1. The Morgan fingerprint density at radius 2 is 2.04 bits per heavy atom. The van der Waals surface area contributed by atoms with Crippen LogP contribution in [-0.4, -0.2) is 11.0 Å². The second-order valence-electron chi connectivity index (χ2n) is 5.44. The van der Waals surface area contributed by atoms with E-state index in [1.165, 1.54) is 13.0 Å². The number of fused-ring (bicyclic) bond motifs is 1. The number of para-hydroxylation sites is 1. The summed E-state index contributed by atoms with van der Waals surface area (Å²) in [7, 11) is 0. The summed E-state index contributed by atoms with van der Waals surface area (Å²) in [5, 5.41) is 21.0. The van der Waals surface area contributed by atoms with Crippen molar-refractivity contribution in [3.63, 3.8) is 0 Å².